The molecule has 0 heterocycles. The highest BCUT2D eigenvalue weighted by atomic mass is 31.2. The van der Waals surface area contributed by atoms with Crippen LogP contribution in [-0.4, -0.2) is 65.7 Å². The number of phosphoric acid groups is 1. The van der Waals surface area contributed by atoms with Crippen molar-refractivity contribution in [2.45, 2.75) is 154 Å². The number of aliphatic hydroxyl groups is 2. The number of hydrogen-bond donors (Lipinski definition) is 3. The quantitative estimate of drug-likeness (QED) is 0.0235. The summed E-state index contributed by atoms with van der Waals surface area (Å²) < 4.78 is 32.6. The highest BCUT2D eigenvalue weighted by molar-refractivity contribution is 7.47. The first-order valence-corrected chi connectivity index (χ1v) is 24.0. The summed E-state index contributed by atoms with van der Waals surface area (Å²) in [6.45, 7) is 2.09. The number of aliphatic hydroxyl groups excluding tert-OH is 2. The number of phosphoric ester groups is 1. The van der Waals surface area contributed by atoms with E-state index in [-0.39, 0.29) is 19.4 Å². The van der Waals surface area contributed by atoms with Crippen molar-refractivity contribution in [3.05, 3.63) is 122 Å². The van der Waals surface area contributed by atoms with Gasteiger partial charge in [0.25, 0.3) is 0 Å². The average molecular weight is 871 g/mol. The first-order chi connectivity index (χ1) is 29.7. The summed E-state index contributed by atoms with van der Waals surface area (Å²) in [5, 5.41) is 18.4. The van der Waals surface area contributed by atoms with Gasteiger partial charge in [0, 0.05) is 12.8 Å². The Morgan fingerprint density at radius 1 is 0.508 bits per heavy atom. The highest BCUT2D eigenvalue weighted by Gasteiger charge is 2.27. The van der Waals surface area contributed by atoms with Gasteiger partial charge in [-0.2, -0.15) is 0 Å². The minimum absolute atomic E-state index is 0.101. The molecular weight excluding hydrogens is 792 g/mol. The number of unbranched alkanes of at least 4 members (excludes halogenated alkanes) is 6. The number of esters is 2. The van der Waals surface area contributed by atoms with Gasteiger partial charge in [-0.05, 0) is 96.3 Å². The standard InChI is InChI=1S/C50H79O10P/c1-3-5-7-9-11-13-15-17-19-21-23-25-27-29-31-33-35-37-39-41-49(53)57-45-48(46-59-61(55,56)58-44-47(52)43-51)60-50(54)42-40-38-36-34-32-30-28-26-24-22-20-18-16-14-12-10-8-6-4-2/h5,7,11-14,17-20,23-26,29-32,35,37,47-48,51-52H,3-4,6,8-10,15-16,21-22,27-28,33-34,36,38-46H2,1-2H3,(H,55,56)/b7-5-,13-11-,14-12-,19-17-,20-18-,25-23-,26-24-,31-29-,32-30-,37-35-/t47-,48+/m0/s1. The van der Waals surface area contributed by atoms with Crippen LogP contribution in [0.2, 0.25) is 0 Å². The van der Waals surface area contributed by atoms with Crippen molar-refractivity contribution in [2.75, 3.05) is 26.4 Å². The first kappa shape index (κ1) is 57.4. The Labute approximate surface area is 368 Å². The third kappa shape index (κ3) is 44.2. The zero-order valence-corrected chi connectivity index (χ0v) is 38.2. The Hall–Kier alpha value is -3.63. The predicted octanol–water partition coefficient (Wildman–Crippen LogP) is 12.3. The van der Waals surface area contributed by atoms with Crippen molar-refractivity contribution in [1.29, 1.82) is 0 Å². The van der Waals surface area contributed by atoms with Gasteiger partial charge >= 0.3 is 19.8 Å². The van der Waals surface area contributed by atoms with Crippen molar-refractivity contribution >= 4 is 19.8 Å². The smallest absolute Gasteiger partial charge is 0.462 e. The summed E-state index contributed by atoms with van der Waals surface area (Å²) in [5.74, 6) is -1.07. The van der Waals surface area contributed by atoms with E-state index in [4.69, 9.17) is 19.1 Å². The molecule has 0 saturated heterocycles. The Balaban J connectivity index is 4.49. The first-order valence-electron chi connectivity index (χ1n) is 22.5. The molecule has 0 aromatic carbocycles. The molecule has 0 rings (SSSR count). The lowest BCUT2D eigenvalue weighted by Gasteiger charge is -2.20. The van der Waals surface area contributed by atoms with Crippen LogP contribution in [0.25, 0.3) is 0 Å². The number of carbonyl (C=O) groups is 2. The van der Waals surface area contributed by atoms with Gasteiger partial charge in [0.15, 0.2) is 6.10 Å². The molecule has 10 nitrogen and oxygen atoms in total. The maximum absolute atomic E-state index is 12.6. The average Bonchev–Trinajstić information content (AvgIpc) is 3.25. The van der Waals surface area contributed by atoms with Crippen LogP contribution >= 0.6 is 7.82 Å². The van der Waals surface area contributed by atoms with Gasteiger partial charge in [0.05, 0.1) is 19.8 Å². The number of allylic oxidation sites excluding steroid dienone is 20. The molecule has 1 unspecified atom stereocenters. The minimum atomic E-state index is -4.66. The molecule has 61 heavy (non-hydrogen) atoms. The molecule has 0 fully saturated rings. The van der Waals surface area contributed by atoms with E-state index >= 15 is 0 Å². The van der Waals surface area contributed by atoms with Crippen molar-refractivity contribution in [3.8, 4) is 0 Å². The molecule has 11 heteroatoms. The van der Waals surface area contributed by atoms with Crippen LogP contribution in [0.5, 0.6) is 0 Å². The van der Waals surface area contributed by atoms with E-state index < -0.39 is 51.8 Å². The van der Waals surface area contributed by atoms with Crippen molar-refractivity contribution in [3.63, 3.8) is 0 Å². The normalized spacial score (nSPS) is 14.9. The molecule has 0 aromatic rings. The number of ether oxygens (including phenoxy) is 2. The molecule has 0 aromatic heterocycles. The molecule has 0 aliphatic heterocycles. The van der Waals surface area contributed by atoms with Crippen LogP contribution in [0.3, 0.4) is 0 Å². The summed E-state index contributed by atoms with van der Waals surface area (Å²) in [5.41, 5.74) is 0. The largest absolute Gasteiger partial charge is 0.472 e. The predicted molar refractivity (Wildman–Crippen MR) is 251 cm³/mol. The molecule has 0 radical (unpaired) electrons. The van der Waals surface area contributed by atoms with Crippen molar-refractivity contribution in [1.82, 2.24) is 0 Å². The third-order valence-electron chi connectivity index (χ3n) is 8.61. The molecule has 0 saturated carbocycles. The monoisotopic (exact) mass is 871 g/mol. The van der Waals surface area contributed by atoms with Gasteiger partial charge in [-0.25, -0.2) is 4.57 Å². The van der Waals surface area contributed by atoms with Gasteiger partial charge in [0.1, 0.15) is 12.7 Å². The molecule has 0 amide bonds. The van der Waals surface area contributed by atoms with E-state index in [9.17, 15) is 24.2 Å². The summed E-state index contributed by atoms with van der Waals surface area (Å²) in [4.78, 5) is 35.0. The molecule has 0 spiro atoms. The van der Waals surface area contributed by atoms with Crippen LogP contribution in [0, 0.1) is 0 Å². The molecule has 0 aliphatic rings. The van der Waals surface area contributed by atoms with Crippen LogP contribution in [0.15, 0.2) is 122 Å². The molecule has 3 N–H and O–H groups in total. The van der Waals surface area contributed by atoms with Crippen LogP contribution in [-0.2, 0) is 32.7 Å². The summed E-state index contributed by atoms with van der Waals surface area (Å²) in [7, 11) is -4.66. The van der Waals surface area contributed by atoms with Crippen LogP contribution in [0.1, 0.15) is 142 Å². The number of hydrogen-bond acceptors (Lipinski definition) is 9. The van der Waals surface area contributed by atoms with Gasteiger partial charge in [-0.15, -0.1) is 0 Å². The fourth-order valence-electron chi connectivity index (χ4n) is 5.18. The lowest BCUT2D eigenvalue weighted by molar-refractivity contribution is -0.161. The Bertz CT molecular complexity index is 1420. The van der Waals surface area contributed by atoms with E-state index in [0.29, 0.717) is 12.8 Å². The molecule has 0 aliphatic carbocycles. The molecular formula is C50H79O10P. The van der Waals surface area contributed by atoms with Gasteiger partial charge in [-0.3, -0.25) is 18.6 Å². The highest BCUT2D eigenvalue weighted by Crippen LogP contribution is 2.43. The van der Waals surface area contributed by atoms with E-state index in [0.717, 1.165) is 77.0 Å². The van der Waals surface area contributed by atoms with E-state index in [1.54, 1.807) is 0 Å². The zero-order chi connectivity index (χ0) is 44.8. The zero-order valence-electron chi connectivity index (χ0n) is 37.3. The summed E-state index contributed by atoms with van der Waals surface area (Å²) in [6.07, 6.45) is 57.5. The van der Waals surface area contributed by atoms with Gasteiger partial charge < -0.3 is 24.6 Å². The van der Waals surface area contributed by atoms with E-state index in [1.807, 2.05) is 12.2 Å². The van der Waals surface area contributed by atoms with Crippen molar-refractivity contribution in [2.24, 2.45) is 0 Å². The fourth-order valence-corrected chi connectivity index (χ4v) is 5.97. The Morgan fingerprint density at radius 3 is 1.39 bits per heavy atom. The van der Waals surface area contributed by atoms with Gasteiger partial charge in [-0.1, -0.05) is 155 Å². The van der Waals surface area contributed by atoms with E-state index in [1.165, 1.54) is 25.7 Å². The maximum Gasteiger partial charge on any atom is 0.472 e. The SMILES string of the molecule is CC/C=C\C/C=C\C/C=C\C/C=C\C/C=C\C/C=C\CCC(=O)OC[C@H](COP(=O)(O)OC[C@@H](O)CO)OC(=O)CCCCC/C=C\C/C=C\C/C=C\C/C=C\CCCCC. The molecule has 3 atom stereocenters. The van der Waals surface area contributed by atoms with E-state index in [2.05, 4.69) is 128 Å². The van der Waals surface area contributed by atoms with Crippen LogP contribution in [0.4, 0.5) is 0 Å². The lowest BCUT2D eigenvalue weighted by atomic mass is 10.1. The number of rotatable bonds is 40. The Morgan fingerprint density at radius 2 is 0.934 bits per heavy atom. The number of carbonyl (C=O) groups excluding carboxylic acids is 2. The minimum Gasteiger partial charge on any atom is -0.462 e. The second kappa shape index (κ2) is 44.4. The topological polar surface area (TPSA) is 149 Å². The second-order valence-electron chi connectivity index (χ2n) is 14.3. The molecule has 344 valence electrons. The Kier molecular flexibility index (Phi) is 41.8. The third-order valence-corrected chi connectivity index (χ3v) is 9.56. The second-order valence-corrected chi connectivity index (χ2v) is 15.8. The summed E-state index contributed by atoms with van der Waals surface area (Å²) >= 11 is 0. The fraction of sp³-hybridized carbons (Fsp3) is 0.560. The summed E-state index contributed by atoms with van der Waals surface area (Å²) in [6, 6.07) is 0. The molecule has 0 bridgehead atoms. The lowest BCUT2D eigenvalue weighted by Crippen LogP contribution is -2.29. The van der Waals surface area contributed by atoms with Crippen molar-refractivity contribution < 1.29 is 47.8 Å². The van der Waals surface area contributed by atoms with Gasteiger partial charge in [0.2, 0.25) is 0 Å². The maximum atomic E-state index is 12.6. The van der Waals surface area contributed by atoms with Crippen LogP contribution < -0.4 is 0 Å².